The minimum Gasteiger partial charge on any atom is -0.382 e. The van der Waals surface area contributed by atoms with Gasteiger partial charge in [-0.1, -0.05) is 41.9 Å². The lowest BCUT2D eigenvalue weighted by Gasteiger charge is -2.10. The number of nitro groups is 1. The number of ether oxygens (including phenoxy) is 1. The topological polar surface area (TPSA) is 64.4 Å². The molecule has 0 unspecified atom stereocenters. The van der Waals surface area contributed by atoms with Crippen LogP contribution in [0.4, 0.5) is 11.4 Å². The van der Waals surface area contributed by atoms with Gasteiger partial charge in [0.25, 0.3) is 5.69 Å². The Morgan fingerprint density at radius 2 is 1.81 bits per heavy atom. The van der Waals surface area contributed by atoms with Crippen LogP contribution in [0, 0.1) is 10.1 Å². The number of anilines is 1. The van der Waals surface area contributed by atoms with E-state index in [4.69, 9.17) is 16.3 Å². The highest BCUT2D eigenvalue weighted by Gasteiger charge is 2.16. The molecule has 0 aliphatic heterocycles. The lowest BCUT2D eigenvalue weighted by Crippen LogP contribution is -2.03. The van der Waals surface area contributed by atoms with Gasteiger partial charge in [0.1, 0.15) is 5.69 Å². The summed E-state index contributed by atoms with van der Waals surface area (Å²) in [5.74, 6) is 0. The summed E-state index contributed by atoms with van der Waals surface area (Å²) in [7, 11) is 1.65. The summed E-state index contributed by atoms with van der Waals surface area (Å²) in [6.45, 7) is 0.620. The number of para-hydroxylation sites is 1. The van der Waals surface area contributed by atoms with E-state index in [9.17, 15) is 10.1 Å². The number of nitrogens with one attached hydrogen (secondary N) is 1. The Kier molecular flexibility index (Phi) is 5.14. The number of nitrogens with zero attached hydrogens (tertiary/aromatic N) is 1. The van der Waals surface area contributed by atoms with Crippen LogP contribution in [0.3, 0.4) is 0 Å². The number of nitro benzene ring substituents is 1. The lowest BCUT2D eigenvalue weighted by atomic mass is 10.1. The van der Waals surface area contributed by atoms with Crippen LogP contribution in [0.5, 0.6) is 0 Å². The molecule has 0 fully saturated rings. The van der Waals surface area contributed by atoms with Crippen molar-refractivity contribution in [2.75, 3.05) is 12.4 Å². The van der Waals surface area contributed by atoms with Crippen LogP contribution in [0.25, 0.3) is 0 Å². The van der Waals surface area contributed by atoms with E-state index in [1.807, 2.05) is 18.2 Å². The molecule has 0 bridgehead atoms. The normalized spacial score (nSPS) is 10.4. The van der Waals surface area contributed by atoms with Crippen molar-refractivity contribution in [1.82, 2.24) is 0 Å². The van der Waals surface area contributed by atoms with Gasteiger partial charge in [0.15, 0.2) is 0 Å². The molecule has 2 aromatic carbocycles. The van der Waals surface area contributed by atoms with E-state index in [1.165, 1.54) is 6.07 Å². The van der Waals surface area contributed by atoms with Crippen molar-refractivity contribution in [2.24, 2.45) is 0 Å². The number of rotatable bonds is 6. The van der Waals surface area contributed by atoms with Crippen LogP contribution in [0.1, 0.15) is 11.1 Å². The maximum absolute atomic E-state index is 11.0. The molecule has 0 radical (unpaired) electrons. The van der Waals surface area contributed by atoms with Crippen LogP contribution >= 0.6 is 11.6 Å². The van der Waals surface area contributed by atoms with E-state index in [0.29, 0.717) is 17.3 Å². The highest BCUT2D eigenvalue weighted by molar-refractivity contribution is 6.31. The Labute approximate surface area is 127 Å². The van der Waals surface area contributed by atoms with Gasteiger partial charge in [0, 0.05) is 23.7 Å². The van der Waals surface area contributed by atoms with Crippen molar-refractivity contribution in [2.45, 2.75) is 13.2 Å². The zero-order chi connectivity index (χ0) is 15.2. The van der Waals surface area contributed by atoms with Crippen molar-refractivity contribution in [3.8, 4) is 0 Å². The zero-order valence-corrected chi connectivity index (χ0v) is 12.3. The van der Waals surface area contributed by atoms with Crippen molar-refractivity contribution < 1.29 is 9.66 Å². The van der Waals surface area contributed by atoms with Crippen molar-refractivity contribution in [3.05, 3.63) is 68.7 Å². The number of hydrogen-bond donors (Lipinski definition) is 1. The minimum atomic E-state index is -0.413. The first-order valence-corrected chi connectivity index (χ1v) is 6.76. The number of benzene rings is 2. The third kappa shape index (κ3) is 3.71. The van der Waals surface area contributed by atoms with E-state index >= 15 is 0 Å². The fraction of sp³-hybridized carbons (Fsp3) is 0.200. The first kappa shape index (κ1) is 15.3. The largest absolute Gasteiger partial charge is 0.382 e. The average molecular weight is 307 g/mol. The SMILES string of the molecule is CNc1c(COCc2ccccc2Cl)cccc1[N+](=O)[O-]. The second kappa shape index (κ2) is 7.06. The Morgan fingerprint density at radius 3 is 2.48 bits per heavy atom. The fourth-order valence-corrected chi connectivity index (χ4v) is 2.22. The molecule has 0 amide bonds. The number of halogens is 1. The van der Waals surface area contributed by atoms with E-state index < -0.39 is 4.92 Å². The highest BCUT2D eigenvalue weighted by Crippen LogP contribution is 2.28. The summed E-state index contributed by atoms with van der Waals surface area (Å²) in [4.78, 5) is 10.6. The van der Waals surface area contributed by atoms with Crippen LogP contribution in [-0.4, -0.2) is 12.0 Å². The molecule has 0 aliphatic rings. The molecule has 110 valence electrons. The van der Waals surface area contributed by atoms with E-state index in [-0.39, 0.29) is 12.3 Å². The first-order chi connectivity index (χ1) is 10.1. The van der Waals surface area contributed by atoms with Crippen LogP contribution in [0.2, 0.25) is 5.02 Å². The second-order valence-electron chi connectivity index (χ2n) is 4.40. The molecule has 0 saturated carbocycles. The Bertz CT molecular complexity index is 647. The molecule has 2 rings (SSSR count). The smallest absolute Gasteiger partial charge is 0.292 e. The standard InChI is InChI=1S/C15H15ClN2O3/c1-17-15-12(6-4-8-14(15)18(19)20)10-21-9-11-5-2-3-7-13(11)16/h2-8,17H,9-10H2,1H3. The monoisotopic (exact) mass is 306 g/mol. The molecule has 6 heteroatoms. The fourth-order valence-electron chi connectivity index (χ4n) is 2.03. The molecule has 0 heterocycles. The average Bonchev–Trinajstić information content (AvgIpc) is 2.48. The van der Waals surface area contributed by atoms with Gasteiger partial charge in [-0.2, -0.15) is 0 Å². The van der Waals surface area contributed by atoms with Crippen molar-refractivity contribution >= 4 is 23.0 Å². The zero-order valence-electron chi connectivity index (χ0n) is 11.5. The van der Waals surface area contributed by atoms with E-state index in [2.05, 4.69) is 5.32 Å². The quantitative estimate of drug-likeness (QED) is 0.647. The van der Waals surface area contributed by atoms with E-state index in [1.54, 1.807) is 25.2 Å². The molecule has 0 aromatic heterocycles. The molecule has 0 aliphatic carbocycles. The summed E-state index contributed by atoms with van der Waals surface area (Å²) in [5, 5.41) is 14.5. The van der Waals surface area contributed by atoms with Crippen LogP contribution < -0.4 is 5.32 Å². The maximum Gasteiger partial charge on any atom is 0.292 e. The predicted octanol–water partition coefficient (Wildman–Crippen LogP) is 4.01. The van der Waals surface area contributed by atoms with E-state index in [0.717, 1.165) is 11.1 Å². The predicted molar refractivity (Wildman–Crippen MR) is 82.6 cm³/mol. The number of hydrogen-bond acceptors (Lipinski definition) is 4. The minimum absolute atomic E-state index is 0.0383. The second-order valence-corrected chi connectivity index (χ2v) is 4.81. The summed E-state index contributed by atoms with van der Waals surface area (Å²) in [6.07, 6.45) is 0. The van der Waals surface area contributed by atoms with Gasteiger partial charge in [-0.25, -0.2) is 0 Å². The van der Waals surface area contributed by atoms with Crippen LogP contribution in [0.15, 0.2) is 42.5 Å². The Morgan fingerprint density at radius 1 is 1.14 bits per heavy atom. The molecule has 0 saturated heterocycles. The molecule has 5 nitrogen and oxygen atoms in total. The van der Waals surface area contributed by atoms with Crippen molar-refractivity contribution in [3.63, 3.8) is 0 Å². The van der Waals surface area contributed by atoms with Gasteiger partial charge in [0.05, 0.1) is 18.1 Å². The summed E-state index contributed by atoms with van der Waals surface area (Å²) in [5.41, 5.74) is 2.13. The first-order valence-electron chi connectivity index (χ1n) is 6.38. The summed E-state index contributed by atoms with van der Waals surface area (Å²) >= 11 is 6.05. The molecule has 21 heavy (non-hydrogen) atoms. The van der Waals surface area contributed by atoms with Gasteiger partial charge in [-0.05, 0) is 11.6 Å². The van der Waals surface area contributed by atoms with Gasteiger partial charge in [-0.15, -0.1) is 0 Å². The molecule has 2 aromatic rings. The van der Waals surface area contributed by atoms with Crippen LogP contribution in [-0.2, 0) is 18.0 Å². The molecular weight excluding hydrogens is 292 g/mol. The molecule has 0 atom stereocenters. The molecular formula is C15H15ClN2O3. The summed E-state index contributed by atoms with van der Waals surface area (Å²) in [6, 6.07) is 12.3. The van der Waals surface area contributed by atoms with Gasteiger partial charge in [0.2, 0.25) is 0 Å². The highest BCUT2D eigenvalue weighted by atomic mass is 35.5. The maximum atomic E-state index is 11.0. The molecule has 1 N–H and O–H groups in total. The third-order valence-corrected chi connectivity index (χ3v) is 3.42. The Balaban J connectivity index is 2.08. The Hall–Kier alpha value is -2.11. The third-order valence-electron chi connectivity index (χ3n) is 3.05. The molecule has 0 spiro atoms. The van der Waals surface area contributed by atoms with Crippen molar-refractivity contribution in [1.29, 1.82) is 0 Å². The van der Waals surface area contributed by atoms with Gasteiger partial charge in [-0.3, -0.25) is 10.1 Å². The van der Waals surface area contributed by atoms with Gasteiger partial charge >= 0.3 is 0 Å². The lowest BCUT2D eigenvalue weighted by molar-refractivity contribution is -0.384. The van der Waals surface area contributed by atoms with Gasteiger partial charge < -0.3 is 10.1 Å². The summed E-state index contributed by atoms with van der Waals surface area (Å²) < 4.78 is 5.62.